The average Bonchev–Trinajstić information content (AvgIpc) is 2.87. The van der Waals surface area contributed by atoms with E-state index in [-0.39, 0.29) is 10.6 Å². The first-order valence-electron chi connectivity index (χ1n) is 7.06. The molecule has 9 heteroatoms. The third kappa shape index (κ3) is 3.38. The summed E-state index contributed by atoms with van der Waals surface area (Å²) in [7, 11) is -3.59. The largest absolute Gasteiger partial charge is 0.379 e. The van der Waals surface area contributed by atoms with Crippen molar-refractivity contribution in [2.45, 2.75) is 4.90 Å². The molecule has 0 bridgehead atoms. The molecule has 1 aliphatic rings. The van der Waals surface area contributed by atoms with E-state index in [2.05, 4.69) is 19.6 Å². The van der Waals surface area contributed by atoms with Crippen LogP contribution in [0.15, 0.2) is 27.9 Å². The number of imidazole rings is 1. The van der Waals surface area contributed by atoms with E-state index >= 15 is 0 Å². The van der Waals surface area contributed by atoms with Crippen molar-refractivity contribution < 1.29 is 13.2 Å². The zero-order valence-electron chi connectivity index (χ0n) is 12.0. The number of nitrogens with zero attached hydrogens (tertiary/aromatic N) is 1. The van der Waals surface area contributed by atoms with Crippen molar-refractivity contribution in [1.29, 1.82) is 0 Å². The normalized spacial score (nSPS) is 17.1. The molecule has 3 rings (SSSR count). The highest BCUT2D eigenvalue weighted by Gasteiger charge is 2.16. The van der Waals surface area contributed by atoms with Crippen molar-refractivity contribution in [3.63, 3.8) is 0 Å². The van der Waals surface area contributed by atoms with Gasteiger partial charge in [0.15, 0.2) is 0 Å². The predicted molar refractivity (Wildman–Crippen MR) is 81.4 cm³/mol. The van der Waals surface area contributed by atoms with Crippen LogP contribution in [-0.2, 0) is 14.8 Å². The SMILES string of the molecule is O=c1[nH]c2ccc(S(=O)(=O)NCCN3CCOCC3)cc2[nH]1. The highest BCUT2D eigenvalue weighted by Crippen LogP contribution is 2.14. The summed E-state index contributed by atoms with van der Waals surface area (Å²) in [6.45, 7) is 3.99. The fourth-order valence-corrected chi connectivity index (χ4v) is 3.47. The van der Waals surface area contributed by atoms with Gasteiger partial charge in [0.25, 0.3) is 0 Å². The predicted octanol–water partition coefficient (Wildman–Crippen LogP) is -0.533. The van der Waals surface area contributed by atoms with Crippen molar-refractivity contribution in [2.75, 3.05) is 39.4 Å². The van der Waals surface area contributed by atoms with E-state index in [4.69, 9.17) is 4.74 Å². The summed E-state index contributed by atoms with van der Waals surface area (Å²) in [5.41, 5.74) is 0.697. The first kappa shape index (κ1) is 15.2. The molecule has 2 heterocycles. The third-order valence-corrected chi connectivity index (χ3v) is 5.08. The number of rotatable bonds is 5. The second-order valence-corrected chi connectivity index (χ2v) is 6.91. The Balaban J connectivity index is 1.66. The van der Waals surface area contributed by atoms with E-state index in [9.17, 15) is 13.2 Å². The molecule has 3 N–H and O–H groups in total. The van der Waals surface area contributed by atoms with Crippen molar-refractivity contribution >= 4 is 21.1 Å². The molecule has 1 saturated heterocycles. The lowest BCUT2D eigenvalue weighted by Gasteiger charge is -2.26. The van der Waals surface area contributed by atoms with Crippen molar-refractivity contribution in [1.82, 2.24) is 19.6 Å². The van der Waals surface area contributed by atoms with Crippen LogP contribution in [0.1, 0.15) is 0 Å². The van der Waals surface area contributed by atoms with Crippen LogP contribution in [0.3, 0.4) is 0 Å². The Bertz CT molecular complexity index is 805. The van der Waals surface area contributed by atoms with Gasteiger partial charge in [-0.15, -0.1) is 0 Å². The maximum absolute atomic E-state index is 12.3. The second-order valence-electron chi connectivity index (χ2n) is 5.14. The topological polar surface area (TPSA) is 107 Å². The van der Waals surface area contributed by atoms with E-state index in [0.29, 0.717) is 37.3 Å². The van der Waals surface area contributed by atoms with Gasteiger partial charge in [0.1, 0.15) is 0 Å². The molecule has 1 aliphatic heterocycles. The molecule has 0 radical (unpaired) electrons. The highest BCUT2D eigenvalue weighted by molar-refractivity contribution is 7.89. The third-order valence-electron chi connectivity index (χ3n) is 3.62. The van der Waals surface area contributed by atoms with E-state index < -0.39 is 10.0 Å². The first-order valence-corrected chi connectivity index (χ1v) is 8.55. The number of hydrogen-bond donors (Lipinski definition) is 3. The minimum absolute atomic E-state index is 0.136. The number of hydrogen-bond acceptors (Lipinski definition) is 5. The molecular weight excluding hydrogens is 308 g/mol. The average molecular weight is 326 g/mol. The van der Waals surface area contributed by atoms with Gasteiger partial charge in [0.2, 0.25) is 10.0 Å². The monoisotopic (exact) mass is 326 g/mol. The van der Waals surface area contributed by atoms with Gasteiger partial charge in [-0.2, -0.15) is 0 Å². The van der Waals surface area contributed by atoms with Crippen LogP contribution in [-0.4, -0.2) is 62.7 Å². The smallest absolute Gasteiger partial charge is 0.323 e. The first-order chi connectivity index (χ1) is 10.5. The van der Waals surface area contributed by atoms with Gasteiger partial charge < -0.3 is 14.7 Å². The fraction of sp³-hybridized carbons (Fsp3) is 0.462. The molecule has 1 aromatic carbocycles. The van der Waals surface area contributed by atoms with Crippen LogP contribution in [0.2, 0.25) is 0 Å². The minimum Gasteiger partial charge on any atom is -0.379 e. The van der Waals surface area contributed by atoms with Crippen LogP contribution < -0.4 is 10.4 Å². The molecule has 1 fully saturated rings. The number of nitrogens with one attached hydrogen (secondary N) is 3. The Morgan fingerprint density at radius 1 is 1.18 bits per heavy atom. The lowest BCUT2D eigenvalue weighted by molar-refractivity contribution is 0.0390. The van der Waals surface area contributed by atoms with Crippen LogP contribution in [0.5, 0.6) is 0 Å². The van der Waals surface area contributed by atoms with Crippen LogP contribution >= 0.6 is 0 Å². The van der Waals surface area contributed by atoms with Gasteiger partial charge in [-0.1, -0.05) is 0 Å². The maximum atomic E-state index is 12.3. The van der Waals surface area contributed by atoms with Gasteiger partial charge in [0, 0.05) is 26.2 Å². The van der Waals surface area contributed by atoms with Gasteiger partial charge in [-0.3, -0.25) is 4.90 Å². The molecule has 2 aromatic rings. The van der Waals surface area contributed by atoms with Gasteiger partial charge in [-0.05, 0) is 18.2 Å². The molecule has 0 aliphatic carbocycles. The number of ether oxygens (including phenoxy) is 1. The van der Waals surface area contributed by atoms with Gasteiger partial charge in [0.05, 0.1) is 29.1 Å². The van der Waals surface area contributed by atoms with Crippen molar-refractivity contribution in [3.8, 4) is 0 Å². The molecule has 1 aromatic heterocycles. The van der Waals surface area contributed by atoms with Gasteiger partial charge in [-0.25, -0.2) is 17.9 Å². The van der Waals surface area contributed by atoms with Crippen molar-refractivity contribution in [3.05, 3.63) is 28.7 Å². The molecule has 0 spiro atoms. The zero-order chi connectivity index (χ0) is 15.6. The van der Waals surface area contributed by atoms with Crippen LogP contribution in [0.4, 0.5) is 0 Å². The standard InChI is InChI=1S/C13H18N4O4S/c18-13-15-11-2-1-10(9-12(11)16-13)22(19,20)14-3-4-17-5-7-21-8-6-17/h1-2,9,14H,3-8H2,(H2,15,16,18). The Labute approximate surface area is 127 Å². The van der Waals surface area contributed by atoms with E-state index in [0.717, 1.165) is 13.1 Å². The summed E-state index contributed by atoms with van der Waals surface area (Å²) in [4.78, 5) is 18.6. The van der Waals surface area contributed by atoms with E-state index in [1.54, 1.807) is 6.07 Å². The molecule has 22 heavy (non-hydrogen) atoms. The highest BCUT2D eigenvalue weighted by atomic mass is 32.2. The lowest BCUT2D eigenvalue weighted by Crippen LogP contribution is -2.41. The molecular formula is C13H18N4O4S. The quantitative estimate of drug-likeness (QED) is 0.684. The second kappa shape index (κ2) is 6.21. The van der Waals surface area contributed by atoms with E-state index in [1.807, 2.05) is 0 Å². The molecule has 0 saturated carbocycles. The lowest BCUT2D eigenvalue weighted by atomic mass is 10.3. The number of benzene rings is 1. The Kier molecular flexibility index (Phi) is 4.30. The summed E-state index contributed by atoms with van der Waals surface area (Å²) in [6.07, 6.45) is 0. The summed E-state index contributed by atoms with van der Waals surface area (Å²) in [5, 5.41) is 0. The molecule has 0 unspecified atom stereocenters. The number of morpholine rings is 1. The summed E-state index contributed by atoms with van der Waals surface area (Å²) >= 11 is 0. The maximum Gasteiger partial charge on any atom is 0.323 e. The van der Waals surface area contributed by atoms with Crippen LogP contribution in [0.25, 0.3) is 11.0 Å². The summed E-state index contributed by atoms with van der Waals surface area (Å²) in [6, 6.07) is 4.50. The molecule has 0 atom stereocenters. The van der Waals surface area contributed by atoms with Gasteiger partial charge >= 0.3 is 5.69 Å². The molecule has 8 nitrogen and oxygen atoms in total. The summed E-state index contributed by atoms with van der Waals surface area (Å²) in [5.74, 6) is 0. The number of aromatic amines is 2. The van der Waals surface area contributed by atoms with E-state index in [1.165, 1.54) is 12.1 Å². The number of fused-ring (bicyclic) bond motifs is 1. The number of aromatic nitrogens is 2. The molecule has 0 amide bonds. The van der Waals surface area contributed by atoms with Crippen molar-refractivity contribution in [2.24, 2.45) is 0 Å². The Hall–Kier alpha value is -1.68. The number of H-pyrrole nitrogens is 2. The Morgan fingerprint density at radius 2 is 1.91 bits per heavy atom. The molecule has 120 valence electrons. The minimum atomic E-state index is -3.59. The fourth-order valence-electron chi connectivity index (χ4n) is 2.43. The van der Waals surface area contributed by atoms with Crippen LogP contribution in [0, 0.1) is 0 Å². The zero-order valence-corrected chi connectivity index (χ0v) is 12.8. The number of sulfonamides is 1. The Morgan fingerprint density at radius 3 is 2.68 bits per heavy atom. The summed E-state index contributed by atoms with van der Waals surface area (Å²) < 4.78 is 32.4.